The molecule has 1 aromatic carbocycles. The van der Waals surface area contributed by atoms with Crippen LogP contribution in [0.5, 0.6) is 5.75 Å². The smallest absolute Gasteiger partial charge is 0.433 e. The number of rotatable bonds is 7. The molecule has 0 saturated heterocycles. The molecule has 41 heavy (non-hydrogen) atoms. The first kappa shape index (κ1) is 27.6. The van der Waals surface area contributed by atoms with Crippen molar-refractivity contribution in [2.45, 2.75) is 12.7 Å². The quantitative estimate of drug-likeness (QED) is 0.296. The maximum Gasteiger partial charge on any atom is 0.433 e. The zero-order chi connectivity index (χ0) is 29.5. The maximum absolute atomic E-state index is 14.1. The van der Waals surface area contributed by atoms with E-state index in [0.29, 0.717) is 15.8 Å². The van der Waals surface area contributed by atoms with Crippen molar-refractivity contribution in [3.8, 4) is 17.0 Å². The Morgan fingerprint density at radius 2 is 1.88 bits per heavy atom. The molecule has 0 radical (unpaired) electrons. The summed E-state index contributed by atoms with van der Waals surface area (Å²) in [5.74, 6) is -1.12. The molecular formula is C25H21ClF3N9O3. The van der Waals surface area contributed by atoms with Gasteiger partial charge in [-0.2, -0.15) is 28.5 Å². The van der Waals surface area contributed by atoms with E-state index in [1.807, 2.05) is 0 Å². The molecule has 0 fully saturated rings. The summed E-state index contributed by atoms with van der Waals surface area (Å²) in [7, 11) is 4.65. The van der Waals surface area contributed by atoms with E-state index in [1.54, 1.807) is 42.3 Å². The minimum atomic E-state index is -4.86. The molecule has 0 aliphatic heterocycles. The first-order valence-corrected chi connectivity index (χ1v) is 12.2. The van der Waals surface area contributed by atoms with Gasteiger partial charge in [0, 0.05) is 38.0 Å². The minimum absolute atomic E-state index is 0.00320. The summed E-state index contributed by atoms with van der Waals surface area (Å²) >= 11 is 6.38. The topological polar surface area (TPSA) is 133 Å². The molecule has 0 aliphatic rings. The highest BCUT2D eigenvalue weighted by Gasteiger charge is 2.37. The molecule has 0 spiro atoms. The third kappa shape index (κ3) is 5.43. The van der Waals surface area contributed by atoms with Crippen molar-refractivity contribution in [1.29, 1.82) is 0 Å². The zero-order valence-corrected chi connectivity index (χ0v) is 22.4. The van der Waals surface area contributed by atoms with Gasteiger partial charge in [0.1, 0.15) is 16.5 Å². The lowest BCUT2D eigenvalue weighted by Gasteiger charge is -2.11. The molecule has 2 amide bonds. The van der Waals surface area contributed by atoms with Crippen molar-refractivity contribution in [1.82, 2.24) is 39.5 Å². The normalized spacial score (nSPS) is 11.6. The summed E-state index contributed by atoms with van der Waals surface area (Å²) in [6, 6.07) is 7.11. The highest BCUT2D eigenvalue weighted by Crippen LogP contribution is 2.35. The highest BCUT2D eigenvalue weighted by molar-refractivity contribution is 6.37. The number of alkyl halides is 3. The third-order valence-corrected chi connectivity index (χ3v) is 6.37. The average Bonchev–Trinajstić information content (AvgIpc) is 3.62. The van der Waals surface area contributed by atoms with Gasteiger partial charge in [0.15, 0.2) is 17.0 Å². The van der Waals surface area contributed by atoms with Crippen LogP contribution in [-0.2, 0) is 26.8 Å². The number of carbonyl (C=O) groups is 2. The van der Waals surface area contributed by atoms with Crippen LogP contribution >= 0.6 is 11.6 Å². The van der Waals surface area contributed by atoms with Crippen LogP contribution in [0.15, 0.2) is 48.9 Å². The Hall–Kier alpha value is -4.92. The molecule has 4 aromatic heterocycles. The summed E-state index contributed by atoms with van der Waals surface area (Å²) in [4.78, 5) is 30.3. The number of ether oxygens (including phenoxy) is 1. The predicted octanol–water partition coefficient (Wildman–Crippen LogP) is 3.73. The van der Waals surface area contributed by atoms with Gasteiger partial charge in [-0.3, -0.25) is 19.0 Å². The van der Waals surface area contributed by atoms with Crippen LogP contribution in [-0.4, -0.2) is 53.1 Å². The van der Waals surface area contributed by atoms with Crippen molar-refractivity contribution in [3.63, 3.8) is 0 Å². The fourth-order valence-corrected chi connectivity index (χ4v) is 4.32. The van der Waals surface area contributed by atoms with Crippen molar-refractivity contribution < 1.29 is 27.5 Å². The molecule has 2 N–H and O–H groups in total. The van der Waals surface area contributed by atoms with Crippen molar-refractivity contribution >= 4 is 34.7 Å². The van der Waals surface area contributed by atoms with E-state index in [1.165, 1.54) is 31.1 Å². The molecule has 0 atom stereocenters. The van der Waals surface area contributed by atoms with Gasteiger partial charge >= 0.3 is 6.18 Å². The number of benzene rings is 1. The molecule has 0 saturated carbocycles. The number of anilines is 1. The van der Waals surface area contributed by atoms with Crippen LogP contribution < -0.4 is 15.4 Å². The monoisotopic (exact) mass is 587 g/mol. The second kappa shape index (κ2) is 10.6. The van der Waals surface area contributed by atoms with Crippen LogP contribution in [0.4, 0.5) is 18.9 Å². The van der Waals surface area contributed by atoms with Gasteiger partial charge in [0.05, 0.1) is 30.9 Å². The molecule has 4 heterocycles. The zero-order valence-electron chi connectivity index (χ0n) is 21.7. The van der Waals surface area contributed by atoms with E-state index in [9.17, 15) is 22.8 Å². The minimum Gasteiger partial charge on any atom is -0.497 e. The molecule has 12 nitrogen and oxygen atoms in total. The Kier molecular flexibility index (Phi) is 7.13. The first-order valence-electron chi connectivity index (χ1n) is 11.9. The maximum atomic E-state index is 14.1. The average molecular weight is 588 g/mol. The van der Waals surface area contributed by atoms with Gasteiger partial charge in [-0.1, -0.05) is 23.7 Å². The number of amides is 2. The Balaban J connectivity index is 1.48. The molecular weight excluding hydrogens is 567 g/mol. The van der Waals surface area contributed by atoms with E-state index in [-0.39, 0.29) is 29.3 Å². The van der Waals surface area contributed by atoms with Crippen LogP contribution in [0, 0.1) is 0 Å². The molecule has 212 valence electrons. The Labute approximate surface area is 234 Å². The number of aryl methyl sites for hydroxylation is 2. The second-order valence-electron chi connectivity index (χ2n) is 8.84. The molecule has 0 aliphatic carbocycles. The van der Waals surface area contributed by atoms with Gasteiger partial charge in [-0.05, 0) is 18.2 Å². The van der Waals surface area contributed by atoms with E-state index in [2.05, 4.69) is 30.9 Å². The second-order valence-corrected chi connectivity index (χ2v) is 9.22. The van der Waals surface area contributed by atoms with Crippen LogP contribution in [0.1, 0.15) is 32.2 Å². The van der Waals surface area contributed by atoms with E-state index in [4.69, 9.17) is 16.3 Å². The lowest BCUT2D eigenvalue weighted by Crippen LogP contribution is -2.26. The van der Waals surface area contributed by atoms with Gasteiger partial charge in [0.25, 0.3) is 11.8 Å². The van der Waals surface area contributed by atoms with Crippen LogP contribution in [0.2, 0.25) is 5.02 Å². The van der Waals surface area contributed by atoms with Crippen molar-refractivity contribution in [3.05, 3.63) is 76.6 Å². The van der Waals surface area contributed by atoms with Crippen LogP contribution in [0.3, 0.4) is 0 Å². The van der Waals surface area contributed by atoms with Gasteiger partial charge in [0.2, 0.25) is 0 Å². The number of methoxy groups -OCH3 is 1. The fourth-order valence-electron chi connectivity index (χ4n) is 4.08. The summed E-state index contributed by atoms with van der Waals surface area (Å²) < 4.78 is 50.7. The lowest BCUT2D eigenvalue weighted by atomic mass is 10.1. The third-order valence-electron chi connectivity index (χ3n) is 6.02. The molecule has 16 heteroatoms. The number of carbonyl (C=O) groups excluding carboxylic acids is 2. The fraction of sp³-hybridized carbons (Fsp3) is 0.200. The number of halogens is 4. The Morgan fingerprint density at radius 3 is 2.56 bits per heavy atom. The molecule has 5 rings (SSSR count). The van der Waals surface area contributed by atoms with E-state index in [0.717, 1.165) is 11.6 Å². The van der Waals surface area contributed by atoms with Gasteiger partial charge in [-0.25, -0.2) is 9.50 Å². The largest absolute Gasteiger partial charge is 0.497 e. The lowest BCUT2D eigenvalue weighted by molar-refractivity contribution is -0.142. The standard InChI is InChI=1S/C25H21ClF3N9O3/c1-36-12-13(10-31-36)9-30-24(40)21-17(11-32-37(21)2)34-23(39)20-19(26)22-33-16(14-5-4-6-15(7-14)41-3)8-18(25(27,28)29)38(22)35-20/h4-8,10-12H,9H2,1-3H3,(H,30,40)(H,34,39). The molecule has 5 aromatic rings. The summed E-state index contributed by atoms with van der Waals surface area (Å²) in [5.41, 5.74) is -1.10. The van der Waals surface area contributed by atoms with E-state index < -0.39 is 34.4 Å². The number of nitrogens with one attached hydrogen (secondary N) is 2. The summed E-state index contributed by atoms with van der Waals surface area (Å²) in [5, 5.41) is 16.6. The predicted molar refractivity (Wildman–Crippen MR) is 141 cm³/mol. The number of hydrogen-bond donors (Lipinski definition) is 2. The number of hydrogen-bond acceptors (Lipinski definition) is 7. The Bertz CT molecular complexity index is 1790. The number of fused-ring (bicyclic) bond motifs is 1. The Morgan fingerprint density at radius 1 is 1.10 bits per heavy atom. The van der Waals surface area contributed by atoms with Gasteiger partial charge in [-0.15, -0.1) is 0 Å². The van der Waals surface area contributed by atoms with Crippen molar-refractivity contribution in [2.75, 3.05) is 12.4 Å². The first-order chi connectivity index (χ1) is 19.5. The number of aromatic nitrogens is 7. The van der Waals surface area contributed by atoms with Gasteiger partial charge < -0.3 is 15.4 Å². The van der Waals surface area contributed by atoms with Crippen molar-refractivity contribution in [2.24, 2.45) is 14.1 Å². The highest BCUT2D eigenvalue weighted by atomic mass is 35.5. The number of nitrogens with zero attached hydrogens (tertiary/aromatic N) is 7. The SMILES string of the molecule is COc1cccc(-c2cc(C(F)(F)F)n3nc(C(=O)Nc4cnn(C)c4C(=O)NCc4cnn(C)c4)c(Cl)c3n2)c1. The molecule has 0 bridgehead atoms. The summed E-state index contributed by atoms with van der Waals surface area (Å²) in [6.45, 7) is 0.158. The summed E-state index contributed by atoms with van der Waals surface area (Å²) in [6.07, 6.45) is -0.331. The molecule has 0 unspecified atom stereocenters. The van der Waals surface area contributed by atoms with E-state index >= 15 is 0 Å². The van der Waals surface area contributed by atoms with Crippen LogP contribution in [0.25, 0.3) is 16.9 Å².